The molecule has 120 valence electrons. The number of carbonyl (C=O) groups excluding carboxylic acids is 2. The first-order valence-electron chi connectivity index (χ1n) is 6.88. The molecule has 0 aliphatic rings. The molecule has 0 atom stereocenters. The van der Waals surface area contributed by atoms with Crippen molar-refractivity contribution < 1.29 is 14.3 Å². The van der Waals surface area contributed by atoms with E-state index in [-0.39, 0.29) is 18.1 Å². The average molecular weight is 334 g/mol. The van der Waals surface area contributed by atoms with E-state index < -0.39 is 5.91 Å². The van der Waals surface area contributed by atoms with Gasteiger partial charge >= 0.3 is 0 Å². The largest absolute Gasteiger partial charge is 0.497 e. The van der Waals surface area contributed by atoms with Crippen molar-refractivity contribution in [3.05, 3.63) is 58.9 Å². The Balaban J connectivity index is 1.79. The van der Waals surface area contributed by atoms with E-state index in [0.717, 1.165) is 11.3 Å². The minimum Gasteiger partial charge on any atom is -0.497 e. The van der Waals surface area contributed by atoms with Crippen molar-refractivity contribution in [3.8, 4) is 5.75 Å². The zero-order valence-corrected chi connectivity index (χ0v) is 13.3. The van der Waals surface area contributed by atoms with Crippen LogP contribution in [0.3, 0.4) is 0 Å². The van der Waals surface area contributed by atoms with Crippen LogP contribution in [0, 0.1) is 0 Å². The van der Waals surface area contributed by atoms with E-state index in [2.05, 4.69) is 15.6 Å². The molecule has 23 heavy (non-hydrogen) atoms. The number of nitrogens with zero attached hydrogens (tertiary/aromatic N) is 1. The van der Waals surface area contributed by atoms with Gasteiger partial charge in [-0.3, -0.25) is 14.6 Å². The molecular weight excluding hydrogens is 318 g/mol. The summed E-state index contributed by atoms with van der Waals surface area (Å²) in [6.07, 6.45) is 1.43. The Hall–Kier alpha value is -2.60. The zero-order chi connectivity index (χ0) is 16.7. The highest BCUT2D eigenvalue weighted by molar-refractivity contribution is 6.30. The number of pyridine rings is 1. The maximum absolute atomic E-state index is 11.8. The first-order chi connectivity index (χ1) is 11.1. The van der Waals surface area contributed by atoms with Gasteiger partial charge in [0.05, 0.1) is 13.7 Å². The van der Waals surface area contributed by atoms with Gasteiger partial charge in [0.15, 0.2) is 0 Å². The Morgan fingerprint density at radius 1 is 1.22 bits per heavy atom. The van der Waals surface area contributed by atoms with Crippen molar-refractivity contribution in [1.82, 2.24) is 15.6 Å². The third kappa shape index (κ3) is 5.27. The van der Waals surface area contributed by atoms with Crippen LogP contribution in [0.1, 0.15) is 16.1 Å². The first kappa shape index (κ1) is 16.8. The Kier molecular flexibility index (Phi) is 5.94. The van der Waals surface area contributed by atoms with Crippen LogP contribution < -0.4 is 15.4 Å². The lowest BCUT2D eigenvalue weighted by Gasteiger charge is -2.08. The highest BCUT2D eigenvalue weighted by Crippen LogP contribution is 2.12. The predicted molar refractivity (Wildman–Crippen MR) is 86.4 cm³/mol. The third-order valence-corrected chi connectivity index (χ3v) is 3.22. The molecule has 0 aliphatic carbocycles. The Morgan fingerprint density at radius 3 is 2.78 bits per heavy atom. The Morgan fingerprint density at radius 2 is 2.04 bits per heavy atom. The van der Waals surface area contributed by atoms with Crippen molar-refractivity contribution >= 4 is 23.4 Å². The van der Waals surface area contributed by atoms with Gasteiger partial charge in [-0.2, -0.15) is 0 Å². The maximum atomic E-state index is 11.8. The minimum absolute atomic E-state index is 0.142. The highest BCUT2D eigenvalue weighted by atomic mass is 35.5. The van der Waals surface area contributed by atoms with Crippen molar-refractivity contribution in [2.45, 2.75) is 6.54 Å². The van der Waals surface area contributed by atoms with Gasteiger partial charge in [0, 0.05) is 17.8 Å². The Bertz CT molecular complexity index is 706. The zero-order valence-electron chi connectivity index (χ0n) is 12.5. The predicted octanol–water partition coefficient (Wildman–Crippen LogP) is 1.79. The number of amides is 2. The quantitative estimate of drug-likeness (QED) is 0.844. The van der Waals surface area contributed by atoms with Crippen molar-refractivity contribution in [3.63, 3.8) is 0 Å². The summed E-state index contributed by atoms with van der Waals surface area (Å²) >= 11 is 5.78. The second-order valence-electron chi connectivity index (χ2n) is 4.67. The van der Waals surface area contributed by atoms with E-state index in [0.29, 0.717) is 11.6 Å². The van der Waals surface area contributed by atoms with Crippen LogP contribution in [0.2, 0.25) is 5.02 Å². The monoisotopic (exact) mass is 333 g/mol. The number of hydrogen-bond acceptors (Lipinski definition) is 4. The third-order valence-electron chi connectivity index (χ3n) is 2.99. The molecule has 0 fully saturated rings. The van der Waals surface area contributed by atoms with Crippen LogP contribution in [0.4, 0.5) is 0 Å². The summed E-state index contributed by atoms with van der Waals surface area (Å²) in [5, 5.41) is 5.61. The van der Waals surface area contributed by atoms with E-state index in [1.54, 1.807) is 13.2 Å². The minimum atomic E-state index is -0.455. The molecule has 7 heteroatoms. The summed E-state index contributed by atoms with van der Waals surface area (Å²) in [4.78, 5) is 27.5. The van der Waals surface area contributed by atoms with Gasteiger partial charge in [-0.25, -0.2) is 0 Å². The number of hydrogen-bond donors (Lipinski definition) is 2. The molecule has 2 aromatic rings. The SMILES string of the molecule is COc1cccc(CNC(=O)CNC(=O)c2cc(Cl)ccn2)c1. The molecule has 1 aromatic heterocycles. The number of carbonyl (C=O) groups is 2. The summed E-state index contributed by atoms with van der Waals surface area (Å²) in [7, 11) is 1.58. The second-order valence-corrected chi connectivity index (χ2v) is 5.11. The van der Waals surface area contributed by atoms with Crippen LogP contribution in [0.5, 0.6) is 5.75 Å². The lowest BCUT2D eigenvalue weighted by atomic mass is 10.2. The van der Waals surface area contributed by atoms with Crippen LogP contribution in [-0.4, -0.2) is 30.5 Å². The molecule has 0 unspecified atom stereocenters. The van der Waals surface area contributed by atoms with E-state index in [1.165, 1.54) is 12.3 Å². The van der Waals surface area contributed by atoms with Gasteiger partial charge in [0.1, 0.15) is 11.4 Å². The number of nitrogens with one attached hydrogen (secondary N) is 2. The molecular formula is C16H16ClN3O3. The normalized spacial score (nSPS) is 10.0. The fourth-order valence-corrected chi connectivity index (χ4v) is 1.99. The highest BCUT2D eigenvalue weighted by Gasteiger charge is 2.09. The fourth-order valence-electron chi connectivity index (χ4n) is 1.83. The van der Waals surface area contributed by atoms with E-state index >= 15 is 0 Å². The first-order valence-corrected chi connectivity index (χ1v) is 7.25. The second kappa shape index (κ2) is 8.14. The number of aromatic nitrogens is 1. The van der Waals surface area contributed by atoms with Crippen molar-refractivity contribution in [2.24, 2.45) is 0 Å². The molecule has 0 saturated carbocycles. The number of rotatable bonds is 6. The van der Waals surface area contributed by atoms with Gasteiger partial charge in [0.25, 0.3) is 5.91 Å². The molecule has 1 aromatic carbocycles. The maximum Gasteiger partial charge on any atom is 0.270 e. The van der Waals surface area contributed by atoms with Crippen LogP contribution in [-0.2, 0) is 11.3 Å². The van der Waals surface area contributed by atoms with Crippen LogP contribution >= 0.6 is 11.6 Å². The summed E-state index contributed by atoms with van der Waals surface area (Å²) in [6, 6.07) is 10.4. The van der Waals surface area contributed by atoms with E-state index in [9.17, 15) is 9.59 Å². The lowest BCUT2D eigenvalue weighted by Crippen LogP contribution is -2.36. The molecule has 6 nitrogen and oxygen atoms in total. The molecule has 0 spiro atoms. The van der Waals surface area contributed by atoms with Gasteiger partial charge in [-0.1, -0.05) is 23.7 Å². The molecule has 2 N–H and O–H groups in total. The Labute approximate surface area is 138 Å². The summed E-state index contributed by atoms with van der Waals surface area (Å²) in [5.41, 5.74) is 1.07. The lowest BCUT2D eigenvalue weighted by molar-refractivity contribution is -0.120. The molecule has 0 bridgehead atoms. The summed E-state index contributed by atoms with van der Waals surface area (Å²) in [6.45, 7) is 0.207. The summed E-state index contributed by atoms with van der Waals surface area (Å²) in [5.74, 6) is -0.0377. The van der Waals surface area contributed by atoms with Gasteiger partial charge in [-0.05, 0) is 29.8 Å². The molecule has 0 saturated heterocycles. The average Bonchev–Trinajstić information content (AvgIpc) is 2.58. The van der Waals surface area contributed by atoms with Crippen LogP contribution in [0.25, 0.3) is 0 Å². The molecule has 2 rings (SSSR count). The van der Waals surface area contributed by atoms with Gasteiger partial charge in [-0.15, -0.1) is 0 Å². The van der Waals surface area contributed by atoms with Crippen LogP contribution in [0.15, 0.2) is 42.6 Å². The fraction of sp³-hybridized carbons (Fsp3) is 0.188. The molecule has 2 amide bonds. The van der Waals surface area contributed by atoms with Crippen molar-refractivity contribution in [1.29, 1.82) is 0 Å². The number of benzene rings is 1. The molecule has 0 radical (unpaired) electrons. The van der Waals surface area contributed by atoms with E-state index in [1.807, 2.05) is 24.3 Å². The van der Waals surface area contributed by atoms with E-state index in [4.69, 9.17) is 16.3 Å². The van der Waals surface area contributed by atoms with Crippen molar-refractivity contribution in [2.75, 3.05) is 13.7 Å². The standard InChI is InChI=1S/C16H16ClN3O3/c1-23-13-4-2-3-11(7-13)9-19-15(21)10-20-16(22)14-8-12(17)5-6-18-14/h2-8H,9-10H2,1H3,(H,19,21)(H,20,22). The molecule has 0 aliphatic heterocycles. The number of methoxy groups -OCH3 is 1. The topological polar surface area (TPSA) is 80.3 Å². The van der Waals surface area contributed by atoms with Gasteiger partial charge in [0.2, 0.25) is 5.91 Å². The summed E-state index contributed by atoms with van der Waals surface area (Å²) < 4.78 is 5.11. The van der Waals surface area contributed by atoms with Gasteiger partial charge < -0.3 is 15.4 Å². The number of ether oxygens (including phenoxy) is 1. The molecule has 1 heterocycles. The number of halogens is 1. The smallest absolute Gasteiger partial charge is 0.270 e.